The van der Waals surface area contributed by atoms with Gasteiger partial charge in [0.15, 0.2) is 0 Å². The van der Waals surface area contributed by atoms with E-state index in [-0.39, 0.29) is 61.0 Å². The molecule has 0 N–H and O–H groups in total. The lowest BCUT2D eigenvalue weighted by Crippen LogP contribution is -2.41. The third kappa shape index (κ3) is 28.2. The maximum Gasteiger partial charge on any atom is 0.591 e. The molecule has 1 aromatic rings. The van der Waals surface area contributed by atoms with Crippen LogP contribution in [0.1, 0.15) is 54.9 Å². The first kappa shape index (κ1) is 54.9. The van der Waals surface area contributed by atoms with Crippen LogP contribution in [0.4, 0.5) is 0 Å². The molecule has 4 heterocycles. The summed E-state index contributed by atoms with van der Waals surface area (Å²) in [6.07, 6.45) is 1.05. The van der Waals surface area contributed by atoms with E-state index in [0.29, 0.717) is 0 Å². The lowest BCUT2D eigenvalue weighted by molar-refractivity contribution is 0.00578. The smallest absolute Gasteiger partial charge is 0.523 e. The Morgan fingerprint density at radius 3 is 1.09 bits per heavy atom. The molecule has 0 radical (unpaired) electrons. The highest BCUT2D eigenvalue weighted by Gasteiger charge is 2.48. The first-order chi connectivity index (χ1) is 25.4. The fourth-order valence-corrected chi connectivity index (χ4v) is 4.16. The average molecular weight is 768 g/mol. The summed E-state index contributed by atoms with van der Waals surface area (Å²) >= 11 is 0. The molecule has 3 saturated heterocycles. The normalized spacial score (nSPS) is 16.9. The first-order valence-corrected chi connectivity index (χ1v) is 19.1. The highest BCUT2D eigenvalue weighted by atomic mass is 16.7. The van der Waals surface area contributed by atoms with Gasteiger partial charge in [0, 0.05) is 54.4 Å². The Labute approximate surface area is 331 Å². The molecule has 1 aromatic carbocycles. The Morgan fingerprint density at radius 1 is 0.537 bits per heavy atom. The zero-order chi connectivity index (χ0) is 41.6. The highest BCUT2D eigenvalue weighted by molar-refractivity contribution is 6.46. The topological polar surface area (TPSA) is 129 Å². The second-order valence-corrected chi connectivity index (χ2v) is 12.8. The number of benzene rings is 1. The molecule has 0 saturated carbocycles. The number of fused-ring (bicyclic) bond motifs is 1. The molecule has 3 fully saturated rings. The van der Waals surface area contributed by atoms with Crippen LogP contribution < -0.4 is 9.31 Å². The second kappa shape index (κ2) is 32.8. The largest absolute Gasteiger partial charge is 0.591 e. The molecule has 4 aliphatic heterocycles. The van der Waals surface area contributed by atoms with Gasteiger partial charge in [0.1, 0.15) is 11.5 Å². The molecule has 4 aliphatic rings. The third-order valence-corrected chi connectivity index (χ3v) is 7.79. The molecule has 308 valence electrons. The van der Waals surface area contributed by atoms with Gasteiger partial charge in [-0.15, -0.1) is 0 Å². The van der Waals surface area contributed by atoms with E-state index in [9.17, 15) is 0 Å². The zero-order valence-corrected chi connectivity index (χ0v) is 36.7. The Bertz CT molecular complexity index is 943. The molecular weight excluding hydrogens is 696 g/mol. The van der Waals surface area contributed by atoms with E-state index in [1.54, 1.807) is 21.3 Å². The van der Waals surface area contributed by atoms with Gasteiger partial charge in [-0.1, -0.05) is 12.1 Å². The molecule has 0 spiro atoms. The number of hydrogen-bond acceptors (Lipinski definition) is 14. The van der Waals surface area contributed by atoms with Gasteiger partial charge in [0.2, 0.25) is 0 Å². The van der Waals surface area contributed by atoms with Gasteiger partial charge in [-0.25, -0.2) is 0 Å². The Balaban J connectivity index is 0. The molecule has 14 nitrogen and oxygen atoms in total. The summed E-state index contributed by atoms with van der Waals surface area (Å²) in [5, 5.41) is 0. The van der Waals surface area contributed by atoms with Crippen molar-refractivity contribution in [1.29, 1.82) is 0 Å². The van der Waals surface area contributed by atoms with Crippen LogP contribution in [0.5, 0.6) is 11.5 Å². The predicted molar refractivity (Wildman–Crippen MR) is 224 cm³/mol. The van der Waals surface area contributed by atoms with Crippen LogP contribution in [-0.2, 0) is 55.9 Å². The third-order valence-electron chi connectivity index (χ3n) is 7.79. The van der Waals surface area contributed by atoms with Crippen molar-refractivity contribution in [2.75, 3.05) is 67.6 Å². The average Bonchev–Trinajstić information content (AvgIpc) is 3.81. The second-order valence-electron chi connectivity index (χ2n) is 12.8. The summed E-state index contributed by atoms with van der Waals surface area (Å²) in [4.78, 5) is 0. The lowest BCUT2D eigenvalue weighted by Gasteiger charge is -2.32. The molecule has 0 amide bonds. The van der Waals surface area contributed by atoms with Crippen molar-refractivity contribution in [2.45, 2.75) is 114 Å². The number of rotatable bonds is 9. The molecule has 0 aliphatic carbocycles. The SMILES string of the molecule is CB1OC(C)(C)C(C)(C)O1.CB1OCCCO1.CB1OCCO1.CB1Oc2ccccc2O1.CCOB(C)OC.CCOB(C)OCC.COB(C)OC. The highest BCUT2D eigenvalue weighted by Crippen LogP contribution is 2.36. The predicted octanol–water partition coefficient (Wildman–Crippen LogP) is 6.34. The van der Waals surface area contributed by atoms with Crippen molar-refractivity contribution in [3.05, 3.63) is 24.3 Å². The molecule has 0 bridgehead atoms. The summed E-state index contributed by atoms with van der Waals surface area (Å²) in [5.41, 5.74) is -0.321. The summed E-state index contributed by atoms with van der Waals surface area (Å²) in [7, 11) is 4.57. The Morgan fingerprint density at radius 2 is 0.889 bits per heavy atom. The first-order valence-electron chi connectivity index (χ1n) is 19.1. The molecule has 21 heteroatoms. The minimum Gasteiger partial charge on any atom is -0.523 e. The summed E-state index contributed by atoms with van der Waals surface area (Å²) in [6.45, 7) is 32.7. The molecule has 0 aromatic heterocycles. The van der Waals surface area contributed by atoms with Gasteiger partial charge < -0.3 is 65.2 Å². The Hall–Kier alpha value is -1.21. The van der Waals surface area contributed by atoms with Crippen LogP contribution in [0.2, 0.25) is 47.8 Å². The lowest BCUT2D eigenvalue weighted by atomic mass is 9.90. The standard InChI is InChI=1S/C7H7BO2.C7H15BO2.C5H13BO2.C4H9BO2.C4H11BO2.C3H7BO2.C3H9BO2/c1-8-9-6-4-2-3-5-7(6)10-8;1-6(2)7(3,4)10-8(5)9-6;1-4-7-6(3)8-5-2;1-5-6-3-2-4-7-5;1-4-7-5(2)6-3;1-4-5-2-3-6-4;1-4(5-2)6-3/h2-5H,1H3;1-5H3;4-5H2,1-3H3;2-4H2,1H3;4H2,1-3H3;2-3H2,1H3;1-3H3. The van der Waals surface area contributed by atoms with Gasteiger partial charge >= 0.3 is 49.8 Å². The summed E-state index contributed by atoms with van der Waals surface area (Å²) in [6, 6.07) is 7.66. The van der Waals surface area contributed by atoms with Gasteiger partial charge in [-0.3, -0.25) is 0 Å². The van der Waals surface area contributed by atoms with Gasteiger partial charge in [-0.2, -0.15) is 0 Å². The van der Waals surface area contributed by atoms with E-state index >= 15 is 0 Å². The number of hydrogen-bond donors (Lipinski definition) is 0. The van der Waals surface area contributed by atoms with Gasteiger partial charge in [0.25, 0.3) is 0 Å². The molecule has 0 atom stereocenters. The van der Waals surface area contributed by atoms with Crippen molar-refractivity contribution >= 4 is 49.8 Å². The summed E-state index contributed by atoms with van der Waals surface area (Å²) < 4.78 is 70.8. The minimum atomic E-state index is -0.160. The van der Waals surface area contributed by atoms with E-state index < -0.39 is 0 Å². The molecule has 0 unspecified atom stereocenters. The van der Waals surface area contributed by atoms with Crippen LogP contribution in [0.15, 0.2) is 24.3 Å². The molecule has 5 rings (SSSR count). The van der Waals surface area contributed by atoms with Crippen LogP contribution in [0, 0.1) is 0 Å². The molecule has 54 heavy (non-hydrogen) atoms. The van der Waals surface area contributed by atoms with E-state index in [1.165, 1.54) is 0 Å². The van der Waals surface area contributed by atoms with E-state index in [4.69, 9.17) is 55.9 Å². The molecular formula is C33H71B7O14. The maximum atomic E-state index is 5.54. The summed E-state index contributed by atoms with van der Waals surface area (Å²) in [5.74, 6) is 1.69. The monoisotopic (exact) mass is 769 g/mol. The zero-order valence-electron chi connectivity index (χ0n) is 36.7. The fraction of sp³-hybridized carbons (Fsp3) is 0.818. The van der Waals surface area contributed by atoms with Crippen LogP contribution >= 0.6 is 0 Å². The van der Waals surface area contributed by atoms with Crippen molar-refractivity contribution in [1.82, 2.24) is 0 Å². The van der Waals surface area contributed by atoms with Crippen molar-refractivity contribution in [2.24, 2.45) is 0 Å². The quantitative estimate of drug-likeness (QED) is 0.259. The van der Waals surface area contributed by atoms with Crippen molar-refractivity contribution in [3.8, 4) is 11.5 Å². The van der Waals surface area contributed by atoms with Gasteiger partial charge in [-0.05, 0) is 115 Å². The van der Waals surface area contributed by atoms with Crippen LogP contribution in [0.25, 0.3) is 0 Å². The van der Waals surface area contributed by atoms with Crippen molar-refractivity contribution < 1.29 is 65.2 Å². The van der Waals surface area contributed by atoms with Crippen LogP contribution in [0.3, 0.4) is 0 Å². The van der Waals surface area contributed by atoms with E-state index in [1.807, 2.05) is 92.8 Å². The van der Waals surface area contributed by atoms with E-state index in [0.717, 1.165) is 64.2 Å². The van der Waals surface area contributed by atoms with Crippen LogP contribution in [-0.4, -0.2) is 129 Å². The maximum absolute atomic E-state index is 5.54. The number of para-hydroxylation sites is 2. The fourth-order valence-electron chi connectivity index (χ4n) is 4.16. The minimum absolute atomic E-state index is 0.0359. The van der Waals surface area contributed by atoms with E-state index in [2.05, 4.69) is 37.0 Å². The van der Waals surface area contributed by atoms with Crippen molar-refractivity contribution in [3.63, 3.8) is 0 Å². The van der Waals surface area contributed by atoms with Gasteiger partial charge in [0.05, 0.1) is 24.4 Å². The Kier molecular flexibility index (Phi) is 33.4.